The molecule has 0 aromatic heterocycles. The molecule has 1 saturated heterocycles. The average Bonchev–Trinajstić information content (AvgIpc) is 1.72. The quantitative estimate of drug-likeness (QED) is 0.427. The topological polar surface area (TPSA) is 9.23 Å². The number of hydrogen-bond acceptors (Lipinski definition) is 2. The summed E-state index contributed by atoms with van der Waals surface area (Å²) in [5.41, 5.74) is 0. The maximum absolute atomic E-state index is 4.93. The van der Waals surface area contributed by atoms with Crippen LogP contribution in [0.3, 0.4) is 0 Å². The summed E-state index contributed by atoms with van der Waals surface area (Å²) in [4.78, 5) is 0. The first-order valence-electron chi connectivity index (χ1n) is 2.06. The normalized spacial score (nSPS) is 24.0. The van der Waals surface area contributed by atoms with Gasteiger partial charge in [-0.2, -0.15) is 0 Å². The van der Waals surface area contributed by atoms with E-state index in [0.717, 1.165) is 12.4 Å². The molecule has 0 N–H and O–H groups in total. The maximum atomic E-state index is 4.93. The molecule has 35 valence electrons. The van der Waals surface area contributed by atoms with Crippen molar-refractivity contribution in [3.8, 4) is 0 Å². The van der Waals surface area contributed by atoms with Crippen molar-refractivity contribution in [2.75, 3.05) is 12.4 Å². The van der Waals surface area contributed by atoms with Gasteiger partial charge in [-0.3, -0.25) is 0 Å². The Hall–Kier alpha value is 0.310. The Morgan fingerprint density at radius 2 is 2.67 bits per heavy atom. The van der Waals surface area contributed by atoms with E-state index in [9.17, 15) is 0 Å². The molecule has 1 heterocycles. The van der Waals surface area contributed by atoms with E-state index < -0.39 is 0 Å². The molecule has 0 spiro atoms. The van der Waals surface area contributed by atoms with Gasteiger partial charge in [0.05, 0.1) is 6.61 Å². The van der Waals surface area contributed by atoms with E-state index >= 15 is 0 Å². The molecule has 0 unspecified atom stereocenters. The molecule has 1 aliphatic rings. The van der Waals surface area contributed by atoms with Crippen LogP contribution in [0.15, 0.2) is 0 Å². The molecule has 0 aromatic carbocycles. The Morgan fingerprint density at radius 3 is 2.83 bits per heavy atom. The van der Waals surface area contributed by atoms with Crippen molar-refractivity contribution in [3.05, 3.63) is 6.42 Å². The molecule has 0 amide bonds. The molecule has 0 atom stereocenters. The maximum Gasteiger partial charge on any atom is 0.0645 e. The van der Waals surface area contributed by atoms with E-state index in [-0.39, 0.29) is 0 Å². The summed E-state index contributed by atoms with van der Waals surface area (Å²) in [5.74, 6) is 1.14. The zero-order chi connectivity index (χ0) is 4.24. The summed E-state index contributed by atoms with van der Waals surface area (Å²) in [5, 5.41) is 0. The predicted octanol–water partition coefficient (Wildman–Crippen LogP) is 1.26. The van der Waals surface area contributed by atoms with E-state index in [1.807, 2.05) is 0 Å². The highest BCUT2D eigenvalue weighted by atomic mass is 32.2. The lowest BCUT2D eigenvalue weighted by Crippen LogP contribution is -1.96. The molecule has 1 radical (unpaired) electrons. The summed E-state index contributed by atoms with van der Waals surface area (Å²) in [6, 6.07) is 0. The van der Waals surface area contributed by atoms with Gasteiger partial charge in [0.1, 0.15) is 0 Å². The lowest BCUT2D eigenvalue weighted by Gasteiger charge is -2.05. The first-order valence-corrected chi connectivity index (χ1v) is 2.97. The molecule has 1 aliphatic heterocycles. The number of hydrogen-bond donors (Lipinski definition) is 0. The second-order valence-corrected chi connectivity index (χ2v) is 2.06. The van der Waals surface area contributed by atoms with Crippen LogP contribution in [0, 0.1) is 6.42 Å². The smallest absolute Gasteiger partial charge is 0.0645 e. The van der Waals surface area contributed by atoms with E-state index in [1.165, 1.54) is 6.42 Å². The third-order valence-electron chi connectivity index (χ3n) is 0.675. The summed E-state index contributed by atoms with van der Waals surface area (Å²) in [7, 11) is 0. The van der Waals surface area contributed by atoms with Crippen molar-refractivity contribution in [3.63, 3.8) is 0 Å². The van der Waals surface area contributed by atoms with Gasteiger partial charge in [-0.15, -0.1) is 0 Å². The fourth-order valence-corrected chi connectivity index (χ4v) is 0.943. The van der Waals surface area contributed by atoms with E-state index in [2.05, 4.69) is 6.42 Å². The summed E-state index contributed by atoms with van der Waals surface area (Å²) in [6.07, 6.45) is 3.36. The molecule has 6 heavy (non-hydrogen) atoms. The Morgan fingerprint density at radius 1 is 1.67 bits per heavy atom. The van der Waals surface area contributed by atoms with Gasteiger partial charge in [0.25, 0.3) is 0 Å². The zero-order valence-corrected chi connectivity index (χ0v) is 4.33. The third kappa shape index (κ3) is 1.19. The predicted molar refractivity (Wildman–Crippen MR) is 27.3 cm³/mol. The van der Waals surface area contributed by atoms with Crippen LogP contribution in [-0.4, -0.2) is 12.4 Å². The molecular formula is C4H7OS. The fourth-order valence-electron chi connectivity index (χ4n) is 0.370. The second-order valence-electron chi connectivity index (χ2n) is 1.18. The monoisotopic (exact) mass is 103 g/mol. The van der Waals surface area contributed by atoms with Gasteiger partial charge in [0.2, 0.25) is 0 Å². The van der Waals surface area contributed by atoms with Crippen LogP contribution in [0.4, 0.5) is 0 Å². The molecule has 2 heteroatoms. The lowest BCUT2D eigenvalue weighted by molar-refractivity contribution is 0.395. The molecule has 0 aromatic rings. The van der Waals surface area contributed by atoms with Crippen molar-refractivity contribution < 1.29 is 4.18 Å². The SMILES string of the molecule is [CH]1CCSOC1. The zero-order valence-electron chi connectivity index (χ0n) is 3.52. The van der Waals surface area contributed by atoms with Crippen LogP contribution in [0.25, 0.3) is 0 Å². The summed E-state index contributed by atoms with van der Waals surface area (Å²) < 4.78 is 4.93. The van der Waals surface area contributed by atoms with Gasteiger partial charge in [0.15, 0.2) is 0 Å². The molecule has 1 nitrogen and oxygen atoms in total. The summed E-state index contributed by atoms with van der Waals surface area (Å²) in [6.45, 7) is 0.838. The van der Waals surface area contributed by atoms with Crippen molar-refractivity contribution in [1.82, 2.24) is 0 Å². The first kappa shape index (κ1) is 4.47. The molecule has 1 rings (SSSR count). The van der Waals surface area contributed by atoms with Crippen molar-refractivity contribution >= 4 is 12.0 Å². The average molecular weight is 103 g/mol. The highest BCUT2D eigenvalue weighted by Gasteiger charge is 1.96. The van der Waals surface area contributed by atoms with Gasteiger partial charge < -0.3 is 4.18 Å². The molecular weight excluding hydrogens is 96.1 g/mol. The van der Waals surface area contributed by atoms with E-state index in [1.54, 1.807) is 12.0 Å². The third-order valence-corrected chi connectivity index (χ3v) is 1.38. The van der Waals surface area contributed by atoms with Crippen LogP contribution < -0.4 is 0 Å². The fraction of sp³-hybridized carbons (Fsp3) is 0.750. The minimum absolute atomic E-state index is 0.838. The highest BCUT2D eigenvalue weighted by Crippen LogP contribution is 2.11. The van der Waals surface area contributed by atoms with Gasteiger partial charge in [-0.1, -0.05) is 0 Å². The van der Waals surface area contributed by atoms with Gasteiger partial charge in [-0.05, 0) is 24.9 Å². The van der Waals surface area contributed by atoms with E-state index in [0.29, 0.717) is 0 Å². The Balaban J connectivity index is 2.00. The van der Waals surface area contributed by atoms with Gasteiger partial charge >= 0.3 is 0 Å². The standard InChI is InChI=1S/C4H7OS/c1-2-4-6-5-3-1/h1H,2-4H2. The second kappa shape index (κ2) is 2.48. The van der Waals surface area contributed by atoms with Crippen molar-refractivity contribution in [2.24, 2.45) is 0 Å². The Labute approximate surface area is 42.3 Å². The number of rotatable bonds is 0. The van der Waals surface area contributed by atoms with Crippen molar-refractivity contribution in [1.29, 1.82) is 0 Å². The molecule has 1 fully saturated rings. The first-order chi connectivity index (χ1) is 3.00. The Kier molecular flexibility index (Phi) is 1.85. The van der Waals surface area contributed by atoms with Crippen molar-refractivity contribution in [2.45, 2.75) is 6.42 Å². The van der Waals surface area contributed by atoms with Crippen LogP contribution in [0.2, 0.25) is 0 Å². The van der Waals surface area contributed by atoms with Gasteiger partial charge in [0, 0.05) is 5.75 Å². The Bertz CT molecular complexity index is 23.0. The van der Waals surface area contributed by atoms with Crippen LogP contribution >= 0.6 is 12.0 Å². The minimum Gasteiger partial charge on any atom is -0.315 e. The van der Waals surface area contributed by atoms with Crippen LogP contribution in [0.5, 0.6) is 0 Å². The van der Waals surface area contributed by atoms with Gasteiger partial charge in [-0.25, -0.2) is 0 Å². The largest absolute Gasteiger partial charge is 0.315 e. The highest BCUT2D eigenvalue weighted by molar-refractivity contribution is 7.94. The summed E-state index contributed by atoms with van der Waals surface area (Å²) >= 11 is 1.56. The molecule has 0 bridgehead atoms. The van der Waals surface area contributed by atoms with Crippen LogP contribution in [-0.2, 0) is 4.18 Å². The van der Waals surface area contributed by atoms with Crippen LogP contribution in [0.1, 0.15) is 6.42 Å². The molecule has 0 aliphatic carbocycles. The van der Waals surface area contributed by atoms with E-state index in [4.69, 9.17) is 4.18 Å². The minimum atomic E-state index is 0.838. The lowest BCUT2D eigenvalue weighted by atomic mass is 10.4. The molecule has 0 saturated carbocycles.